The lowest BCUT2D eigenvalue weighted by Gasteiger charge is -2.50. The third kappa shape index (κ3) is 2.67. The van der Waals surface area contributed by atoms with Gasteiger partial charge in [-0.05, 0) is 48.2 Å². The van der Waals surface area contributed by atoms with Gasteiger partial charge in [-0.25, -0.2) is 0 Å². The van der Waals surface area contributed by atoms with Crippen molar-refractivity contribution in [3.05, 3.63) is 59.7 Å². The molecule has 122 valence electrons. The Hall–Kier alpha value is -1.09. The van der Waals surface area contributed by atoms with E-state index in [0.29, 0.717) is 0 Å². The van der Waals surface area contributed by atoms with Crippen LogP contribution in [-0.4, -0.2) is 19.9 Å². The van der Waals surface area contributed by atoms with Gasteiger partial charge in [0.05, 0.1) is 10.8 Å². The number of phenolic OH excluding ortho intramolecular Hbond substituents is 2. The number of aromatic hydroxyl groups is 2. The highest BCUT2D eigenvalue weighted by molar-refractivity contribution is 6.53. The van der Waals surface area contributed by atoms with E-state index in [9.17, 15) is 10.2 Å². The summed E-state index contributed by atoms with van der Waals surface area (Å²) in [5.74, 6) is 0.366. The first-order chi connectivity index (χ1) is 10.9. The van der Waals surface area contributed by atoms with E-state index in [1.165, 1.54) is 0 Å². The van der Waals surface area contributed by atoms with E-state index in [2.05, 4.69) is 0 Å². The Labute approximate surface area is 150 Å². The predicted octanol–water partition coefficient (Wildman–Crippen LogP) is 5.35. The Kier molecular flexibility index (Phi) is 4.43. The fourth-order valence-electron chi connectivity index (χ4n) is 3.49. The van der Waals surface area contributed by atoms with Gasteiger partial charge in [0.2, 0.25) is 0 Å². The molecule has 0 heterocycles. The van der Waals surface area contributed by atoms with Crippen LogP contribution in [0.4, 0.5) is 0 Å². The predicted molar refractivity (Wildman–Crippen MR) is 94.9 cm³/mol. The smallest absolute Gasteiger partial charge is 0.148 e. The highest BCUT2D eigenvalue weighted by Gasteiger charge is 2.57. The second-order valence-corrected chi connectivity index (χ2v) is 7.89. The molecule has 1 atom stereocenters. The van der Waals surface area contributed by atoms with Gasteiger partial charge in [-0.15, -0.1) is 11.6 Å². The third-order valence-electron chi connectivity index (χ3n) is 4.69. The van der Waals surface area contributed by atoms with Gasteiger partial charge in [0.1, 0.15) is 15.8 Å². The highest BCUT2D eigenvalue weighted by Crippen LogP contribution is 2.58. The molecule has 0 aromatic heterocycles. The maximum atomic E-state index is 9.60. The van der Waals surface area contributed by atoms with Gasteiger partial charge in [0.25, 0.3) is 0 Å². The summed E-state index contributed by atoms with van der Waals surface area (Å²) in [6.07, 6.45) is 2.36. The molecule has 1 aliphatic rings. The lowest BCUT2D eigenvalue weighted by Crippen LogP contribution is -2.53. The van der Waals surface area contributed by atoms with Gasteiger partial charge in [0.15, 0.2) is 0 Å². The summed E-state index contributed by atoms with van der Waals surface area (Å²) in [5.41, 5.74) is 1.09. The maximum absolute atomic E-state index is 9.60. The largest absolute Gasteiger partial charge is 0.508 e. The van der Waals surface area contributed by atoms with Crippen LogP contribution in [-0.2, 0) is 5.41 Å². The first-order valence-corrected chi connectivity index (χ1v) is 8.68. The fraction of sp³-hybridized carbons (Fsp3) is 0.333. The summed E-state index contributed by atoms with van der Waals surface area (Å²) in [5, 5.41) is 18.8. The van der Waals surface area contributed by atoms with Crippen LogP contribution >= 0.6 is 34.8 Å². The van der Waals surface area contributed by atoms with Crippen LogP contribution in [0.15, 0.2) is 48.5 Å². The van der Waals surface area contributed by atoms with E-state index in [1.54, 1.807) is 24.3 Å². The number of rotatable bonds is 2. The minimum atomic E-state index is -1.21. The quantitative estimate of drug-likeness (QED) is 0.699. The van der Waals surface area contributed by atoms with E-state index in [0.717, 1.165) is 30.4 Å². The molecule has 1 saturated carbocycles. The number of hydrogen-bond acceptors (Lipinski definition) is 2. The SMILES string of the molecule is Oc1ccc(C2(c3ccc(O)cc3)CCCC(Cl)C2(Cl)Cl)cc1. The second kappa shape index (κ2) is 6.08. The zero-order valence-corrected chi connectivity index (χ0v) is 14.6. The van der Waals surface area contributed by atoms with Crippen LogP contribution in [0.3, 0.4) is 0 Å². The summed E-state index contributed by atoms with van der Waals surface area (Å²) in [6, 6.07) is 13.8. The monoisotopic (exact) mass is 370 g/mol. The first-order valence-electron chi connectivity index (χ1n) is 7.49. The van der Waals surface area contributed by atoms with Crippen LogP contribution < -0.4 is 0 Å². The van der Waals surface area contributed by atoms with Gasteiger partial charge in [-0.1, -0.05) is 53.9 Å². The van der Waals surface area contributed by atoms with Crippen LogP contribution in [0.5, 0.6) is 11.5 Å². The average Bonchev–Trinajstić information content (AvgIpc) is 2.52. The van der Waals surface area contributed by atoms with Crippen molar-refractivity contribution in [2.75, 3.05) is 0 Å². The van der Waals surface area contributed by atoms with Gasteiger partial charge in [-0.3, -0.25) is 0 Å². The molecule has 1 unspecified atom stereocenters. The molecule has 0 saturated heterocycles. The standard InChI is InChI=1S/C18H17Cl3O2/c19-16-2-1-11-17(18(16,20)21,12-3-7-14(22)8-4-12)13-5-9-15(23)10-6-13/h3-10,16,22-23H,1-2,11H2. The molecule has 2 N–H and O–H groups in total. The summed E-state index contributed by atoms with van der Waals surface area (Å²) >= 11 is 20.1. The highest BCUT2D eigenvalue weighted by atomic mass is 35.5. The normalized spacial score (nSPS) is 22.7. The Bertz CT molecular complexity index is 635. The lowest BCUT2D eigenvalue weighted by atomic mass is 9.64. The number of alkyl halides is 3. The van der Waals surface area contributed by atoms with E-state index >= 15 is 0 Å². The summed E-state index contributed by atoms with van der Waals surface area (Å²) in [7, 11) is 0. The molecule has 0 amide bonds. The van der Waals surface area contributed by atoms with Crippen LogP contribution in [0.2, 0.25) is 0 Å². The molecule has 2 nitrogen and oxygen atoms in total. The molecular formula is C18H17Cl3O2. The molecule has 3 rings (SSSR count). The molecule has 2 aromatic carbocycles. The van der Waals surface area contributed by atoms with Crippen molar-refractivity contribution >= 4 is 34.8 Å². The average molecular weight is 372 g/mol. The molecule has 0 aliphatic heterocycles. The first kappa shape index (κ1) is 16.8. The summed E-state index contributed by atoms with van der Waals surface area (Å²) < 4.78 is -1.21. The molecule has 1 aliphatic carbocycles. The van der Waals surface area contributed by atoms with Gasteiger partial charge < -0.3 is 10.2 Å². The Morgan fingerprint density at radius 1 is 0.826 bits per heavy atom. The van der Waals surface area contributed by atoms with Crippen molar-refractivity contribution in [2.45, 2.75) is 34.4 Å². The van der Waals surface area contributed by atoms with Crippen LogP contribution in [0, 0.1) is 0 Å². The third-order valence-corrected chi connectivity index (χ3v) is 6.63. The van der Waals surface area contributed by atoms with E-state index in [1.807, 2.05) is 24.3 Å². The molecule has 0 bridgehead atoms. The Balaban J connectivity index is 2.24. The van der Waals surface area contributed by atoms with Crippen molar-refractivity contribution in [3.63, 3.8) is 0 Å². The van der Waals surface area contributed by atoms with Crippen molar-refractivity contribution in [1.82, 2.24) is 0 Å². The minimum Gasteiger partial charge on any atom is -0.508 e. The summed E-state index contributed by atoms with van der Waals surface area (Å²) in [4.78, 5) is 0. The Morgan fingerprint density at radius 2 is 1.26 bits per heavy atom. The maximum Gasteiger partial charge on any atom is 0.148 e. The molecule has 0 radical (unpaired) electrons. The molecular weight excluding hydrogens is 355 g/mol. The minimum absolute atomic E-state index is 0.183. The fourth-order valence-corrected chi connectivity index (χ4v) is 4.68. The van der Waals surface area contributed by atoms with Gasteiger partial charge in [-0.2, -0.15) is 0 Å². The second-order valence-electron chi connectivity index (χ2n) is 5.98. The van der Waals surface area contributed by atoms with Crippen molar-refractivity contribution in [1.29, 1.82) is 0 Å². The van der Waals surface area contributed by atoms with Gasteiger partial charge in [0, 0.05) is 0 Å². The van der Waals surface area contributed by atoms with E-state index < -0.39 is 15.1 Å². The number of benzene rings is 2. The van der Waals surface area contributed by atoms with E-state index in [4.69, 9.17) is 34.8 Å². The Morgan fingerprint density at radius 3 is 1.70 bits per heavy atom. The zero-order valence-electron chi connectivity index (χ0n) is 12.3. The number of halogens is 3. The molecule has 1 fully saturated rings. The molecule has 23 heavy (non-hydrogen) atoms. The van der Waals surface area contributed by atoms with Gasteiger partial charge >= 0.3 is 0 Å². The number of hydrogen-bond donors (Lipinski definition) is 2. The lowest BCUT2D eigenvalue weighted by molar-refractivity contribution is 0.328. The molecule has 5 heteroatoms. The van der Waals surface area contributed by atoms with E-state index in [-0.39, 0.29) is 11.5 Å². The molecule has 2 aromatic rings. The van der Waals surface area contributed by atoms with Crippen LogP contribution in [0.25, 0.3) is 0 Å². The zero-order chi connectivity index (χ0) is 16.7. The van der Waals surface area contributed by atoms with Crippen LogP contribution in [0.1, 0.15) is 30.4 Å². The number of phenols is 2. The van der Waals surface area contributed by atoms with Crippen molar-refractivity contribution in [3.8, 4) is 11.5 Å². The van der Waals surface area contributed by atoms with Crippen molar-refractivity contribution < 1.29 is 10.2 Å². The molecule has 0 spiro atoms. The van der Waals surface area contributed by atoms with Crippen molar-refractivity contribution in [2.24, 2.45) is 0 Å². The topological polar surface area (TPSA) is 40.5 Å². The summed E-state index contributed by atoms with van der Waals surface area (Å²) in [6.45, 7) is 0.